The second-order valence-corrected chi connectivity index (χ2v) is 7.58. The van der Waals surface area contributed by atoms with Crippen LogP contribution in [0, 0.1) is 5.92 Å². The van der Waals surface area contributed by atoms with Crippen molar-refractivity contribution in [1.82, 2.24) is 10.2 Å². The number of carbonyl (C=O) groups is 3. The first-order valence-corrected chi connectivity index (χ1v) is 9.83. The first-order valence-electron chi connectivity index (χ1n) is 9.45. The zero-order chi connectivity index (χ0) is 20.8. The average Bonchev–Trinajstić information content (AvgIpc) is 2.63. The summed E-state index contributed by atoms with van der Waals surface area (Å²) in [6.45, 7) is 7.99. The lowest BCUT2D eigenvalue weighted by Gasteiger charge is -2.34. The molecule has 0 bridgehead atoms. The van der Waals surface area contributed by atoms with Gasteiger partial charge < -0.3 is 15.0 Å². The Morgan fingerprint density at radius 3 is 2.61 bits per heavy atom. The summed E-state index contributed by atoms with van der Waals surface area (Å²) in [5, 5.41) is 3.28. The largest absolute Gasteiger partial charge is 0.463 e. The van der Waals surface area contributed by atoms with Crippen LogP contribution in [0.2, 0.25) is 5.02 Å². The van der Waals surface area contributed by atoms with Crippen LogP contribution < -0.4 is 5.32 Å². The lowest BCUT2D eigenvalue weighted by molar-refractivity contribution is -0.141. The summed E-state index contributed by atoms with van der Waals surface area (Å²) in [7, 11) is 0. The molecule has 152 valence electrons. The Bertz CT molecular complexity index is 788. The van der Waals surface area contributed by atoms with E-state index in [9.17, 15) is 14.4 Å². The third-order valence-corrected chi connectivity index (χ3v) is 4.95. The zero-order valence-electron chi connectivity index (χ0n) is 16.8. The van der Waals surface area contributed by atoms with Crippen molar-refractivity contribution in [2.75, 3.05) is 19.7 Å². The molecule has 1 aromatic rings. The number of hydrogen-bond acceptors (Lipinski definition) is 4. The Labute approximate surface area is 170 Å². The van der Waals surface area contributed by atoms with Crippen molar-refractivity contribution in [2.24, 2.45) is 5.92 Å². The molecule has 1 aliphatic rings. The van der Waals surface area contributed by atoms with Gasteiger partial charge in [-0.15, -0.1) is 0 Å². The fourth-order valence-electron chi connectivity index (χ4n) is 3.22. The average molecular weight is 407 g/mol. The van der Waals surface area contributed by atoms with E-state index in [2.05, 4.69) is 5.32 Å². The lowest BCUT2D eigenvalue weighted by atomic mass is 9.83. The Morgan fingerprint density at radius 1 is 1.32 bits per heavy atom. The molecule has 6 nitrogen and oxygen atoms in total. The molecule has 1 unspecified atom stereocenters. The summed E-state index contributed by atoms with van der Waals surface area (Å²) >= 11 is 6.33. The molecule has 1 N–H and O–H groups in total. The maximum atomic E-state index is 12.8. The number of hydrogen-bond donors (Lipinski definition) is 1. The molecular formula is C21H27ClN2O4. The molecular weight excluding hydrogens is 380 g/mol. The zero-order valence-corrected chi connectivity index (χ0v) is 17.5. The van der Waals surface area contributed by atoms with Gasteiger partial charge in [-0.1, -0.05) is 43.6 Å². The van der Waals surface area contributed by atoms with Crippen LogP contribution in [0.15, 0.2) is 35.5 Å². The third kappa shape index (κ3) is 5.13. The molecule has 0 saturated heterocycles. The molecule has 0 aromatic heterocycles. The third-order valence-electron chi connectivity index (χ3n) is 4.61. The predicted octanol–water partition coefficient (Wildman–Crippen LogP) is 3.27. The smallest absolute Gasteiger partial charge is 0.336 e. The van der Waals surface area contributed by atoms with Crippen LogP contribution in [-0.2, 0) is 19.1 Å². The van der Waals surface area contributed by atoms with Gasteiger partial charge >= 0.3 is 5.97 Å². The summed E-state index contributed by atoms with van der Waals surface area (Å²) in [6, 6.07) is 7.14. The van der Waals surface area contributed by atoms with E-state index in [0.717, 1.165) is 0 Å². The van der Waals surface area contributed by atoms with E-state index in [1.807, 2.05) is 19.9 Å². The van der Waals surface area contributed by atoms with Gasteiger partial charge in [0.25, 0.3) is 0 Å². The highest BCUT2D eigenvalue weighted by Gasteiger charge is 2.38. The van der Waals surface area contributed by atoms with Crippen molar-refractivity contribution in [3.05, 3.63) is 46.1 Å². The maximum Gasteiger partial charge on any atom is 0.336 e. The number of allylic oxidation sites excluding steroid dienone is 1. The van der Waals surface area contributed by atoms with Crippen molar-refractivity contribution in [3.8, 4) is 0 Å². The monoisotopic (exact) mass is 406 g/mol. The molecule has 28 heavy (non-hydrogen) atoms. The topological polar surface area (TPSA) is 75.7 Å². The molecule has 7 heteroatoms. The SMILES string of the molecule is CCOC(=O)C1=C(C)N(CC(=O)NCC(C)C)C(=O)CC1c1ccccc1Cl. The first-order chi connectivity index (χ1) is 13.3. The molecule has 1 heterocycles. The van der Waals surface area contributed by atoms with E-state index in [1.165, 1.54) is 4.90 Å². The molecule has 0 radical (unpaired) electrons. The van der Waals surface area contributed by atoms with Gasteiger partial charge in [0, 0.05) is 29.6 Å². The quantitative estimate of drug-likeness (QED) is 0.705. The Hall–Kier alpha value is -2.34. The summed E-state index contributed by atoms with van der Waals surface area (Å²) in [4.78, 5) is 39.1. The van der Waals surface area contributed by atoms with Gasteiger partial charge in [0.2, 0.25) is 11.8 Å². The van der Waals surface area contributed by atoms with E-state index >= 15 is 0 Å². The lowest BCUT2D eigenvalue weighted by Crippen LogP contribution is -2.44. The van der Waals surface area contributed by atoms with Crippen LogP contribution in [0.3, 0.4) is 0 Å². The number of nitrogens with zero attached hydrogens (tertiary/aromatic N) is 1. The van der Waals surface area contributed by atoms with Crippen LogP contribution in [0.1, 0.15) is 45.6 Å². The fourth-order valence-corrected chi connectivity index (χ4v) is 3.49. The summed E-state index contributed by atoms with van der Waals surface area (Å²) in [5.41, 5.74) is 1.49. The van der Waals surface area contributed by atoms with E-state index in [4.69, 9.17) is 16.3 Å². The van der Waals surface area contributed by atoms with Crippen LogP contribution in [0.25, 0.3) is 0 Å². The van der Waals surface area contributed by atoms with E-state index < -0.39 is 11.9 Å². The summed E-state index contributed by atoms with van der Waals surface area (Å²) in [6.07, 6.45) is 0.0483. The summed E-state index contributed by atoms with van der Waals surface area (Å²) in [5.74, 6) is -1.19. The van der Waals surface area contributed by atoms with Gasteiger partial charge in [-0.25, -0.2) is 4.79 Å². The molecule has 0 saturated carbocycles. The van der Waals surface area contributed by atoms with E-state index in [0.29, 0.717) is 34.3 Å². The minimum Gasteiger partial charge on any atom is -0.463 e. The Kier molecular flexibility index (Phi) is 7.63. The van der Waals surface area contributed by atoms with E-state index in [1.54, 1.807) is 32.0 Å². The molecule has 0 spiro atoms. The van der Waals surface area contributed by atoms with Crippen molar-refractivity contribution in [2.45, 2.75) is 40.0 Å². The Morgan fingerprint density at radius 2 is 2.00 bits per heavy atom. The van der Waals surface area contributed by atoms with Crippen molar-refractivity contribution in [3.63, 3.8) is 0 Å². The second-order valence-electron chi connectivity index (χ2n) is 7.18. The number of halogens is 1. The highest BCUT2D eigenvalue weighted by Crippen LogP contribution is 2.39. The predicted molar refractivity (Wildman–Crippen MR) is 108 cm³/mol. The van der Waals surface area contributed by atoms with Gasteiger partial charge in [-0.3, -0.25) is 9.59 Å². The number of benzene rings is 1. The molecule has 2 rings (SSSR count). The van der Waals surface area contributed by atoms with Crippen LogP contribution in [-0.4, -0.2) is 42.4 Å². The number of rotatable bonds is 7. The molecule has 1 aliphatic heterocycles. The van der Waals surface area contributed by atoms with Gasteiger partial charge in [-0.05, 0) is 31.4 Å². The number of carbonyl (C=O) groups excluding carboxylic acids is 3. The standard InChI is InChI=1S/C21H27ClN2O4/c1-5-28-21(27)20-14(4)24(12-18(25)23-11-13(2)3)19(26)10-16(20)15-8-6-7-9-17(15)22/h6-9,13,16H,5,10-12H2,1-4H3,(H,23,25). The normalized spacial score (nSPS) is 17.1. The highest BCUT2D eigenvalue weighted by molar-refractivity contribution is 6.31. The van der Waals surface area contributed by atoms with Crippen molar-refractivity contribution < 1.29 is 19.1 Å². The van der Waals surface area contributed by atoms with E-state index in [-0.39, 0.29) is 31.4 Å². The van der Waals surface area contributed by atoms with Gasteiger partial charge in [0.05, 0.1) is 12.2 Å². The number of ether oxygens (including phenoxy) is 1. The summed E-state index contributed by atoms with van der Waals surface area (Å²) < 4.78 is 5.23. The second kappa shape index (κ2) is 9.73. The molecule has 0 aliphatic carbocycles. The minimum atomic E-state index is -0.504. The van der Waals surface area contributed by atoms with Gasteiger partial charge in [0.15, 0.2) is 0 Å². The molecule has 1 aromatic carbocycles. The molecule has 0 fully saturated rings. The Balaban J connectivity index is 2.39. The van der Waals surface area contributed by atoms with Crippen LogP contribution in [0.5, 0.6) is 0 Å². The highest BCUT2D eigenvalue weighted by atomic mass is 35.5. The van der Waals surface area contributed by atoms with Crippen molar-refractivity contribution >= 4 is 29.4 Å². The number of amides is 2. The minimum absolute atomic E-state index is 0.0483. The van der Waals surface area contributed by atoms with Crippen LogP contribution in [0.4, 0.5) is 0 Å². The van der Waals surface area contributed by atoms with Gasteiger partial charge in [-0.2, -0.15) is 0 Å². The molecule has 2 amide bonds. The maximum absolute atomic E-state index is 12.8. The number of esters is 1. The van der Waals surface area contributed by atoms with Gasteiger partial charge in [0.1, 0.15) is 6.54 Å². The van der Waals surface area contributed by atoms with Crippen LogP contribution >= 0.6 is 11.6 Å². The van der Waals surface area contributed by atoms with Crippen molar-refractivity contribution in [1.29, 1.82) is 0 Å². The first kappa shape index (κ1) is 22.0. The fraction of sp³-hybridized carbons (Fsp3) is 0.476. The number of nitrogens with one attached hydrogen (secondary N) is 1. The molecule has 1 atom stereocenters.